The maximum atomic E-state index is 13.1. The standard InChI is InChI=1S/C15H17FN4/c1-2-12-19-11-7-8-18-15(17)13(11)14(20-12)9-3-5-10(16)6-4-9/h3-6,15,18H,2,7-8,17H2,1H3. The van der Waals surface area contributed by atoms with E-state index in [2.05, 4.69) is 15.3 Å². The van der Waals surface area contributed by atoms with Crippen LogP contribution in [0, 0.1) is 5.82 Å². The molecule has 3 rings (SSSR count). The minimum atomic E-state index is -0.273. The van der Waals surface area contributed by atoms with Crippen molar-refractivity contribution in [1.29, 1.82) is 0 Å². The van der Waals surface area contributed by atoms with E-state index in [1.165, 1.54) is 12.1 Å². The Hall–Kier alpha value is -1.85. The fraction of sp³-hybridized carbons (Fsp3) is 0.333. The molecule has 0 fully saturated rings. The first-order valence-corrected chi connectivity index (χ1v) is 6.83. The van der Waals surface area contributed by atoms with Crippen molar-refractivity contribution in [2.24, 2.45) is 5.73 Å². The van der Waals surface area contributed by atoms with Crippen LogP contribution < -0.4 is 11.1 Å². The van der Waals surface area contributed by atoms with Crippen molar-refractivity contribution >= 4 is 0 Å². The van der Waals surface area contributed by atoms with Crippen molar-refractivity contribution in [3.63, 3.8) is 0 Å². The first kappa shape index (κ1) is 13.1. The summed E-state index contributed by atoms with van der Waals surface area (Å²) in [6, 6.07) is 6.35. The molecule has 0 bridgehead atoms. The molecule has 0 radical (unpaired) electrons. The maximum Gasteiger partial charge on any atom is 0.129 e. The van der Waals surface area contributed by atoms with E-state index in [1.807, 2.05) is 6.92 Å². The van der Waals surface area contributed by atoms with Gasteiger partial charge in [-0.1, -0.05) is 6.92 Å². The van der Waals surface area contributed by atoms with E-state index < -0.39 is 0 Å². The normalized spacial score (nSPS) is 17.9. The van der Waals surface area contributed by atoms with E-state index in [0.29, 0.717) is 0 Å². The molecule has 3 N–H and O–H groups in total. The van der Waals surface area contributed by atoms with Gasteiger partial charge < -0.3 is 5.73 Å². The van der Waals surface area contributed by atoms with Gasteiger partial charge in [-0.2, -0.15) is 0 Å². The lowest BCUT2D eigenvalue weighted by Gasteiger charge is -2.25. The molecule has 5 heteroatoms. The van der Waals surface area contributed by atoms with Gasteiger partial charge in [-0.25, -0.2) is 14.4 Å². The Balaban J connectivity index is 2.19. The summed E-state index contributed by atoms with van der Waals surface area (Å²) in [4.78, 5) is 9.18. The first-order valence-electron chi connectivity index (χ1n) is 6.83. The van der Waals surface area contributed by atoms with Crippen molar-refractivity contribution in [2.75, 3.05) is 6.54 Å². The summed E-state index contributed by atoms with van der Waals surface area (Å²) in [5, 5.41) is 3.22. The number of nitrogens with one attached hydrogen (secondary N) is 1. The third-order valence-electron chi connectivity index (χ3n) is 3.54. The maximum absolute atomic E-state index is 13.1. The van der Waals surface area contributed by atoms with Crippen LogP contribution in [0.4, 0.5) is 4.39 Å². The molecule has 1 unspecified atom stereocenters. The van der Waals surface area contributed by atoms with Gasteiger partial charge in [0.1, 0.15) is 11.6 Å². The molecule has 20 heavy (non-hydrogen) atoms. The first-order chi connectivity index (χ1) is 9.69. The fourth-order valence-electron chi connectivity index (χ4n) is 2.52. The van der Waals surface area contributed by atoms with Gasteiger partial charge in [0.25, 0.3) is 0 Å². The van der Waals surface area contributed by atoms with Crippen LogP contribution in [0.25, 0.3) is 11.3 Å². The molecule has 1 aliphatic rings. The molecule has 1 aromatic carbocycles. The average Bonchev–Trinajstić information content (AvgIpc) is 2.47. The van der Waals surface area contributed by atoms with Gasteiger partial charge in [0, 0.05) is 30.5 Å². The van der Waals surface area contributed by atoms with E-state index in [4.69, 9.17) is 5.73 Å². The highest BCUT2D eigenvalue weighted by atomic mass is 19.1. The van der Waals surface area contributed by atoms with E-state index in [-0.39, 0.29) is 12.0 Å². The summed E-state index contributed by atoms with van der Waals surface area (Å²) in [6.07, 6.45) is 1.33. The van der Waals surface area contributed by atoms with Gasteiger partial charge in [0.2, 0.25) is 0 Å². The summed E-state index contributed by atoms with van der Waals surface area (Å²) in [5.41, 5.74) is 9.76. The van der Waals surface area contributed by atoms with Crippen molar-refractivity contribution < 1.29 is 4.39 Å². The zero-order valence-electron chi connectivity index (χ0n) is 11.4. The Morgan fingerprint density at radius 2 is 2.05 bits per heavy atom. The number of halogens is 1. The van der Waals surface area contributed by atoms with Crippen LogP contribution in [-0.4, -0.2) is 16.5 Å². The van der Waals surface area contributed by atoms with Crippen LogP contribution in [0.5, 0.6) is 0 Å². The molecule has 2 heterocycles. The third kappa shape index (κ3) is 2.30. The lowest BCUT2D eigenvalue weighted by molar-refractivity contribution is 0.510. The highest BCUT2D eigenvalue weighted by molar-refractivity contribution is 5.65. The monoisotopic (exact) mass is 272 g/mol. The minimum Gasteiger partial charge on any atom is -0.312 e. The number of nitrogens with zero attached hydrogens (tertiary/aromatic N) is 2. The molecular formula is C15H17FN4. The molecule has 0 amide bonds. The van der Waals surface area contributed by atoms with E-state index in [0.717, 1.165) is 47.7 Å². The number of hydrogen-bond donors (Lipinski definition) is 2. The predicted octanol–water partition coefficient (Wildman–Crippen LogP) is 1.95. The highest BCUT2D eigenvalue weighted by Gasteiger charge is 2.23. The number of aromatic nitrogens is 2. The Labute approximate surface area is 117 Å². The smallest absolute Gasteiger partial charge is 0.129 e. The molecule has 104 valence electrons. The fourth-order valence-corrected chi connectivity index (χ4v) is 2.52. The number of rotatable bonds is 2. The third-order valence-corrected chi connectivity index (χ3v) is 3.54. The molecule has 1 aromatic heterocycles. The number of nitrogens with two attached hydrogens (primary N) is 1. The number of hydrogen-bond acceptors (Lipinski definition) is 4. The zero-order valence-corrected chi connectivity index (χ0v) is 11.4. The van der Waals surface area contributed by atoms with Crippen LogP contribution in [-0.2, 0) is 12.8 Å². The van der Waals surface area contributed by atoms with Gasteiger partial charge in [-0.05, 0) is 24.3 Å². The lowest BCUT2D eigenvalue weighted by Crippen LogP contribution is -2.37. The van der Waals surface area contributed by atoms with Gasteiger partial charge in [-0.3, -0.25) is 5.32 Å². The molecule has 4 nitrogen and oxygen atoms in total. The Kier molecular flexibility index (Phi) is 3.46. The van der Waals surface area contributed by atoms with E-state index >= 15 is 0 Å². The van der Waals surface area contributed by atoms with Gasteiger partial charge in [0.15, 0.2) is 0 Å². The van der Waals surface area contributed by atoms with E-state index in [9.17, 15) is 4.39 Å². The largest absolute Gasteiger partial charge is 0.312 e. The summed E-state index contributed by atoms with van der Waals surface area (Å²) in [5.74, 6) is 0.548. The molecular weight excluding hydrogens is 255 g/mol. The summed E-state index contributed by atoms with van der Waals surface area (Å²) < 4.78 is 13.1. The van der Waals surface area contributed by atoms with Crippen molar-refractivity contribution in [1.82, 2.24) is 15.3 Å². The Morgan fingerprint density at radius 1 is 1.30 bits per heavy atom. The van der Waals surface area contributed by atoms with Crippen LogP contribution in [0.3, 0.4) is 0 Å². The van der Waals surface area contributed by atoms with Crippen LogP contribution in [0.15, 0.2) is 24.3 Å². The predicted molar refractivity (Wildman–Crippen MR) is 75.4 cm³/mol. The van der Waals surface area contributed by atoms with E-state index in [1.54, 1.807) is 12.1 Å². The molecule has 0 saturated heterocycles. The summed E-state index contributed by atoms with van der Waals surface area (Å²) >= 11 is 0. The van der Waals surface area contributed by atoms with Gasteiger partial charge in [-0.15, -0.1) is 0 Å². The second-order valence-electron chi connectivity index (χ2n) is 4.89. The molecule has 2 aromatic rings. The average molecular weight is 272 g/mol. The number of benzene rings is 1. The molecule has 0 saturated carbocycles. The van der Waals surface area contributed by atoms with Crippen molar-refractivity contribution in [2.45, 2.75) is 25.9 Å². The molecule has 0 spiro atoms. The second-order valence-corrected chi connectivity index (χ2v) is 4.89. The highest BCUT2D eigenvalue weighted by Crippen LogP contribution is 2.29. The summed E-state index contributed by atoms with van der Waals surface area (Å²) in [7, 11) is 0. The Bertz CT molecular complexity index is 625. The number of aryl methyl sites for hydroxylation is 1. The van der Waals surface area contributed by atoms with Crippen LogP contribution >= 0.6 is 0 Å². The lowest BCUT2D eigenvalue weighted by atomic mass is 9.98. The quantitative estimate of drug-likeness (QED) is 0.877. The van der Waals surface area contributed by atoms with Crippen molar-refractivity contribution in [3.05, 3.63) is 47.2 Å². The molecule has 1 aliphatic heterocycles. The van der Waals surface area contributed by atoms with Gasteiger partial charge >= 0.3 is 0 Å². The van der Waals surface area contributed by atoms with Gasteiger partial charge in [0.05, 0.1) is 17.6 Å². The Morgan fingerprint density at radius 3 is 2.75 bits per heavy atom. The topological polar surface area (TPSA) is 63.8 Å². The molecule has 0 aliphatic carbocycles. The van der Waals surface area contributed by atoms with Crippen LogP contribution in [0.2, 0.25) is 0 Å². The molecule has 1 atom stereocenters. The second kappa shape index (κ2) is 5.26. The SMILES string of the molecule is CCc1nc2c(c(-c3ccc(F)cc3)n1)C(N)NCC2. The minimum absolute atomic E-state index is 0.255. The zero-order chi connectivity index (χ0) is 14.1. The number of fused-ring (bicyclic) bond motifs is 1. The summed E-state index contributed by atoms with van der Waals surface area (Å²) in [6.45, 7) is 2.84. The van der Waals surface area contributed by atoms with Crippen LogP contribution in [0.1, 0.15) is 30.2 Å². The van der Waals surface area contributed by atoms with Crippen molar-refractivity contribution in [3.8, 4) is 11.3 Å².